The van der Waals surface area contributed by atoms with Crippen molar-refractivity contribution < 1.29 is 17.4 Å². The van der Waals surface area contributed by atoms with E-state index in [0.717, 1.165) is 67.9 Å². The number of aryl methyl sites for hydroxylation is 1. The molecule has 8 aromatic rings. The fraction of sp³-hybridized carbons (Fsp3) is 0.236. The van der Waals surface area contributed by atoms with Crippen molar-refractivity contribution in [3.63, 3.8) is 0 Å². The number of fused-ring (bicyclic) bond motifs is 1. The van der Waals surface area contributed by atoms with Gasteiger partial charge in [-0.2, -0.15) is 0 Å². The fourth-order valence-corrected chi connectivity index (χ4v) is 7.63. The van der Waals surface area contributed by atoms with E-state index in [-0.39, 0.29) is 28.0 Å². The Hall–Kier alpha value is -6.26. The first-order valence-corrected chi connectivity index (χ1v) is 20.0. The van der Waals surface area contributed by atoms with E-state index < -0.39 is 31.5 Å². The summed E-state index contributed by atoms with van der Waals surface area (Å²) < 4.78 is 78.6. The van der Waals surface area contributed by atoms with Crippen molar-refractivity contribution in [2.24, 2.45) is 0 Å². The van der Waals surface area contributed by atoms with Crippen LogP contribution in [-0.2, 0) is 16.2 Å². The molecule has 0 saturated heterocycles. The third kappa shape index (κ3) is 7.84. The minimum Gasteiger partial charge on any atom is -0.507 e. The second-order valence-corrected chi connectivity index (χ2v) is 17.6. The van der Waals surface area contributed by atoms with Gasteiger partial charge >= 0.3 is 0 Å². The highest BCUT2D eigenvalue weighted by atomic mass is 16.3. The summed E-state index contributed by atoms with van der Waals surface area (Å²) in [5.41, 5.74) is 7.76. The highest BCUT2D eigenvalue weighted by Gasteiger charge is 2.26. The highest BCUT2D eigenvalue weighted by molar-refractivity contribution is 5.97. The van der Waals surface area contributed by atoms with E-state index in [0.29, 0.717) is 16.7 Å². The average Bonchev–Trinajstić information content (AvgIpc) is 3.65. The lowest BCUT2D eigenvalue weighted by Crippen LogP contribution is -2.12. The average molecular weight is 783 g/mol. The molecule has 0 spiro atoms. The van der Waals surface area contributed by atoms with Crippen molar-refractivity contribution in [1.82, 2.24) is 14.5 Å². The van der Waals surface area contributed by atoms with Crippen LogP contribution in [0.5, 0.6) is 5.75 Å². The van der Waals surface area contributed by atoms with E-state index in [1.165, 1.54) is 11.6 Å². The Bertz CT molecular complexity index is 3130. The second kappa shape index (κ2) is 14.8. The van der Waals surface area contributed by atoms with Crippen molar-refractivity contribution in [1.29, 1.82) is 0 Å². The van der Waals surface area contributed by atoms with Gasteiger partial charge in [-0.25, -0.2) is 4.98 Å². The number of hydrogen-bond acceptors (Lipinski definition) is 3. The molecule has 2 aromatic heterocycles. The number of imidazole rings is 1. The molecule has 296 valence electrons. The van der Waals surface area contributed by atoms with Gasteiger partial charge < -0.3 is 5.11 Å². The number of para-hydroxylation sites is 1. The van der Waals surface area contributed by atoms with Crippen LogP contribution < -0.4 is 0 Å². The normalized spacial score (nSPS) is 15.2. The Labute approximate surface area is 362 Å². The zero-order chi connectivity index (χ0) is 49.4. The molecule has 0 atom stereocenters. The summed E-state index contributed by atoms with van der Waals surface area (Å²) in [6, 6.07) is 44.1. The van der Waals surface area contributed by atoms with E-state index >= 15 is 0 Å². The lowest BCUT2D eigenvalue weighted by molar-refractivity contribution is 0.475. The Morgan fingerprint density at radius 3 is 1.92 bits per heavy atom. The summed E-state index contributed by atoms with van der Waals surface area (Å²) in [4.78, 5) is 10.2. The van der Waals surface area contributed by atoms with Crippen molar-refractivity contribution in [2.75, 3.05) is 0 Å². The summed E-state index contributed by atoms with van der Waals surface area (Å²) in [6.07, 6.45) is 1.82. The molecule has 6 aromatic carbocycles. The maximum absolute atomic E-state index is 11.9. The summed E-state index contributed by atoms with van der Waals surface area (Å²) in [6.45, 7) is 4.32. The van der Waals surface area contributed by atoms with E-state index in [4.69, 9.17) is 22.3 Å². The number of phenolic OH excluding ortho intramolecular Hbond substituents is 1. The molecule has 4 nitrogen and oxygen atoms in total. The van der Waals surface area contributed by atoms with Gasteiger partial charge in [-0.05, 0) is 117 Å². The molecule has 0 aliphatic rings. The predicted octanol–water partition coefficient (Wildman–Crippen LogP) is 14.7. The second-order valence-electron chi connectivity index (χ2n) is 17.6. The van der Waals surface area contributed by atoms with Gasteiger partial charge in [0.05, 0.1) is 28.0 Å². The molecule has 0 aliphatic carbocycles. The number of phenols is 1. The number of benzene rings is 6. The maximum Gasteiger partial charge on any atom is 0.149 e. The molecule has 4 heteroatoms. The number of aromatic nitrogens is 3. The molecule has 59 heavy (non-hydrogen) atoms. The first kappa shape index (κ1) is 29.9. The summed E-state index contributed by atoms with van der Waals surface area (Å²) in [5.74, 6) is -0.214. The van der Waals surface area contributed by atoms with Crippen LogP contribution in [-0.4, -0.2) is 19.6 Å². The fourth-order valence-electron chi connectivity index (χ4n) is 7.63. The van der Waals surface area contributed by atoms with Gasteiger partial charge in [0.15, 0.2) is 0 Å². The highest BCUT2D eigenvalue weighted by Crippen LogP contribution is 2.43. The molecule has 0 bridgehead atoms. The number of nitrogens with zero attached hydrogens (tertiary/aromatic N) is 3. The molecular formula is C55H55N3O. The summed E-state index contributed by atoms with van der Waals surface area (Å²) in [5, 5.41) is 11.9. The van der Waals surface area contributed by atoms with Crippen LogP contribution in [0.1, 0.15) is 96.7 Å². The smallest absolute Gasteiger partial charge is 0.149 e. The largest absolute Gasteiger partial charge is 0.507 e. The van der Waals surface area contributed by atoms with E-state index in [9.17, 15) is 5.11 Å². The number of aromatic hydroxyl groups is 1. The van der Waals surface area contributed by atoms with Crippen molar-refractivity contribution in [3.05, 3.63) is 168 Å². The Kier molecular flexibility index (Phi) is 7.52. The molecule has 0 fully saturated rings. The maximum atomic E-state index is 11.9. The van der Waals surface area contributed by atoms with Gasteiger partial charge in [-0.1, -0.05) is 153 Å². The zero-order valence-corrected chi connectivity index (χ0v) is 34.6. The SMILES string of the molecule is [2H]C([2H])([2H])C(c1ccc(O)c(-c2nc3c(-c4cc(-c5cc(-c6ccc(C)cc6)ccn5)cc(C(C)(C)C)c4)cccc3n2-c2ccc(C(C)(C)C)cc2-c2ccccc2)c1)(C([2H])([2H])[2H])C([2H])([2H])[2H]. The Morgan fingerprint density at radius 2 is 1.20 bits per heavy atom. The predicted molar refractivity (Wildman–Crippen MR) is 249 cm³/mol. The Balaban J connectivity index is 1.47. The van der Waals surface area contributed by atoms with Crippen LogP contribution in [0.3, 0.4) is 0 Å². The van der Waals surface area contributed by atoms with E-state index in [1.54, 1.807) is 0 Å². The van der Waals surface area contributed by atoms with Crippen molar-refractivity contribution in [3.8, 4) is 67.5 Å². The van der Waals surface area contributed by atoms with E-state index in [2.05, 4.69) is 103 Å². The lowest BCUT2D eigenvalue weighted by atomic mass is 9.83. The molecule has 0 saturated carbocycles. The number of pyridine rings is 1. The van der Waals surface area contributed by atoms with Crippen LogP contribution in [0.15, 0.2) is 146 Å². The molecule has 2 heterocycles. The quantitative estimate of drug-likeness (QED) is 0.183. The van der Waals surface area contributed by atoms with Crippen molar-refractivity contribution >= 4 is 11.0 Å². The molecule has 8 rings (SSSR count). The van der Waals surface area contributed by atoms with Crippen LogP contribution in [0.25, 0.3) is 72.7 Å². The van der Waals surface area contributed by atoms with Gasteiger partial charge in [-0.3, -0.25) is 9.55 Å². The standard InChI is InChI=1S/C55H55N3O/c1-35-19-21-36(22-20-35)38-27-28-56-47(32-38)40-29-39(30-43(31-40)55(8,9)10)44-17-14-18-49-51(44)57-52(46-34-42(54(5,6)7)24-26-50(46)59)58(49)48-25-23-41(53(2,3)4)33-45(48)37-15-12-11-13-16-37/h11-34,59H,1-10H3/i5D3,6D3,7D3. The van der Waals surface area contributed by atoms with Crippen LogP contribution in [0, 0.1) is 6.92 Å². The summed E-state index contributed by atoms with van der Waals surface area (Å²) >= 11 is 0. The molecule has 1 N–H and O–H groups in total. The third-order valence-electron chi connectivity index (χ3n) is 11.1. The van der Waals surface area contributed by atoms with Crippen LogP contribution >= 0.6 is 0 Å². The van der Waals surface area contributed by atoms with E-state index in [1.807, 2.05) is 77.5 Å². The van der Waals surface area contributed by atoms with Crippen molar-refractivity contribution in [2.45, 2.75) is 85.3 Å². The minimum atomic E-state index is -3.53. The minimum absolute atomic E-state index is 0.0491. The third-order valence-corrected chi connectivity index (χ3v) is 11.1. The van der Waals surface area contributed by atoms with Gasteiger partial charge in [0.2, 0.25) is 0 Å². The lowest BCUT2D eigenvalue weighted by Gasteiger charge is -2.23. The zero-order valence-electron chi connectivity index (χ0n) is 43.6. The number of hydrogen-bond donors (Lipinski definition) is 1. The molecular weight excluding hydrogens is 719 g/mol. The first-order valence-electron chi connectivity index (χ1n) is 24.5. The summed E-state index contributed by atoms with van der Waals surface area (Å²) in [7, 11) is 0. The topological polar surface area (TPSA) is 50.9 Å². The van der Waals surface area contributed by atoms with Gasteiger partial charge in [0.1, 0.15) is 11.6 Å². The Morgan fingerprint density at radius 1 is 0.525 bits per heavy atom. The van der Waals surface area contributed by atoms with Crippen LogP contribution in [0.2, 0.25) is 0 Å². The molecule has 0 radical (unpaired) electrons. The van der Waals surface area contributed by atoms with Gasteiger partial charge in [0.25, 0.3) is 0 Å². The van der Waals surface area contributed by atoms with Gasteiger partial charge in [-0.15, -0.1) is 0 Å². The monoisotopic (exact) mass is 782 g/mol. The molecule has 0 aliphatic heterocycles. The molecule has 0 unspecified atom stereocenters. The van der Waals surface area contributed by atoms with Gasteiger partial charge in [0, 0.05) is 35.2 Å². The van der Waals surface area contributed by atoms with Crippen LogP contribution in [0.4, 0.5) is 0 Å². The molecule has 0 amide bonds. The number of rotatable bonds is 6. The first-order chi connectivity index (χ1) is 31.7.